The molecule has 0 aliphatic heterocycles. The number of ether oxygens (including phenoxy) is 1. The van der Waals surface area contributed by atoms with Gasteiger partial charge in [0, 0.05) is 25.3 Å². The Balaban J connectivity index is 1.70. The molecule has 0 bridgehead atoms. The smallest absolute Gasteiger partial charge is 0.380 e. The summed E-state index contributed by atoms with van der Waals surface area (Å²) in [5, 5.41) is 11.6. The maximum absolute atomic E-state index is 12.9. The Labute approximate surface area is 193 Å². The van der Waals surface area contributed by atoms with Gasteiger partial charge >= 0.3 is 6.18 Å². The summed E-state index contributed by atoms with van der Waals surface area (Å²) in [6, 6.07) is 4.32. The lowest BCUT2D eigenvalue weighted by Crippen LogP contribution is -2.27. The predicted octanol–water partition coefficient (Wildman–Crippen LogP) is 3.84. The highest BCUT2D eigenvalue weighted by Crippen LogP contribution is 2.29. The van der Waals surface area contributed by atoms with E-state index in [2.05, 4.69) is 25.7 Å². The molecule has 3 rings (SSSR count). The summed E-state index contributed by atoms with van der Waals surface area (Å²) in [5.41, 5.74) is -0.316. The molecule has 0 atom stereocenters. The molecule has 0 fully saturated rings. The lowest BCUT2D eigenvalue weighted by molar-refractivity contribution is -0.137. The number of nitrogens with zero attached hydrogens (tertiary/aromatic N) is 4. The minimum Gasteiger partial charge on any atom is -0.380 e. The second-order valence-electron chi connectivity index (χ2n) is 6.85. The number of benzene rings is 1. The van der Waals surface area contributed by atoms with E-state index in [0.717, 1.165) is 23.3 Å². The summed E-state index contributed by atoms with van der Waals surface area (Å²) < 4.78 is 45.6. The number of rotatable bonds is 11. The van der Waals surface area contributed by atoms with Crippen molar-refractivity contribution in [1.29, 1.82) is 0 Å². The Morgan fingerprint density at radius 3 is 2.76 bits per heavy atom. The van der Waals surface area contributed by atoms with E-state index in [1.165, 1.54) is 23.9 Å². The number of fused-ring (bicyclic) bond motifs is 1. The van der Waals surface area contributed by atoms with Crippen molar-refractivity contribution in [3.8, 4) is 0 Å². The van der Waals surface area contributed by atoms with Crippen LogP contribution in [-0.2, 0) is 17.5 Å². The molecule has 2 aromatic heterocycles. The average Bonchev–Trinajstić information content (AvgIpc) is 3.19. The molecule has 0 saturated heterocycles. The molecule has 0 saturated carbocycles. The first-order chi connectivity index (χ1) is 15.8. The van der Waals surface area contributed by atoms with Crippen molar-refractivity contribution in [3.63, 3.8) is 0 Å². The second kappa shape index (κ2) is 11.3. The minimum absolute atomic E-state index is 0.0557. The van der Waals surface area contributed by atoms with Crippen LogP contribution < -0.4 is 10.6 Å². The van der Waals surface area contributed by atoms with Crippen LogP contribution in [0.3, 0.4) is 0 Å². The first-order valence-electron chi connectivity index (χ1n) is 10.5. The lowest BCUT2D eigenvalue weighted by Gasteiger charge is -2.10. The molecule has 1 amide bonds. The van der Waals surface area contributed by atoms with Gasteiger partial charge in [0.05, 0.1) is 30.3 Å². The number of carbonyl (C=O) groups is 1. The molecule has 0 spiro atoms. The van der Waals surface area contributed by atoms with Gasteiger partial charge < -0.3 is 15.4 Å². The number of hydrogen-bond acceptors (Lipinski definition) is 7. The number of aromatic nitrogens is 4. The fraction of sp³-hybridized carbons (Fsp3) is 0.429. The van der Waals surface area contributed by atoms with E-state index in [-0.39, 0.29) is 12.1 Å². The van der Waals surface area contributed by atoms with E-state index in [9.17, 15) is 18.0 Å². The molecular weight excluding hydrogens is 457 g/mol. The number of hydrogen-bond donors (Lipinski definition) is 2. The highest BCUT2D eigenvalue weighted by atomic mass is 32.2. The van der Waals surface area contributed by atoms with E-state index in [1.54, 1.807) is 10.9 Å². The van der Waals surface area contributed by atoms with Gasteiger partial charge in [-0.15, -0.1) is 0 Å². The molecule has 178 valence electrons. The highest BCUT2D eigenvalue weighted by molar-refractivity contribution is 7.99. The largest absolute Gasteiger partial charge is 0.416 e. The molecule has 0 aliphatic rings. The number of anilines is 1. The number of amides is 1. The summed E-state index contributed by atoms with van der Waals surface area (Å²) in [6.07, 6.45) is -2.86. The van der Waals surface area contributed by atoms with Gasteiger partial charge in [0.25, 0.3) is 5.91 Å². The van der Waals surface area contributed by atoms with Gasteiger partial charge in [-0.05, 0) is 30.9 Å². The third-order valence-corrected chi connectivity index (χ3v) is 5.28. The van der Waals surface area contributed by atoms with Crippen LogP contribution in [0.15, 0.2) is 35.6 Å². The third kappa shape index (κ3) is 6.57. The Kier molecular flexibility index (Phi) is 8.50. The van der Waals surface area contributed by atoms with Gasteiger partial charge in [0.15, 0.2) is 10.8 Å². The van der Waals surface area contributed by atoms with Gasteiger partial charge in [-0.1, -0.05) is 24.8 Å². The summed E-state index contributed by atoms with van der Waals surface area (Å²) in [4.78, 5) is 21.4. The average molecular weight is 483 g/mol. The quantitative estimate of drug-likeness (QED) is 0.244. The minimum atomic E-state index is -4.51. The molecular formula is C21H25F3N6O2S. The molecule has 0 radical (unpaired) electrons. The Morgan fingerprint density at radius 2 is 2.03 bits per heavy atom. The number of thioether (sulfide) groups is 1. The summed E-state index contributed by atoms with van der Waals surface area (Å²) >= 11 is 1.49. The zero-order valence-electron chi connectivity index (χ0n) is 18.3. The van der Waals surface area contributed by atoms with E-state index >= 15 is 0 Å². The van der Waals surface area contributed by atoms with Crippen LogP contribution in [0.1, 0.15) is 29.8 Å². The second-order valence-corrected chi connectivity index (χ2v) is 8.08. The zero-order valence-corrected chi connectivity index (χ0v) is 19.1. The fourth-order valence-electron chi connectivity index (χ4n) is 3.03. The van der Waals surface area contributed by atoms with Crippen LogP contribution in [-0.4, -0.2) is 57.7 Å². The molecule has 3 aromatic rings. The van der Waals surface area contributed by atoms with Gasteiger partial charge in [0.2, 0.25) is 0 Å². The van der Waals surface area contributed by atoms with Crippen LogP contribution in [0.5, 0.6) is 0 Å². The van der Waals surface area contributed by atoms with E-state index in [4.69, 9.17) is 4.74 Å². The van der Waals surface area contributed by atoms with Crippen molar-refractivity contribution in [1.82, 2.24) is 25.1 Å². The van der Waals surface area contributed by atoms with Crippen LogP contribution in [0, 0.1) is 0 Å². The van der Waals surface area contributed by atoms with Crippen LogP contribution in [0.2, 0.25) is 0 Å². The molecule has 0 unspecified atom stereocenters. The van der Waals surface area contributed by atoms with E-state index in [0.29, 0.717) is 42.9 Å². The van der Waals surface area contributed by atoms with Gasteiger partial charge in [0.1, 0.15) is 5.82 Å². The Bertz CT molecular complexity index is 1090. The van der Waals surface area contributed by atoms with Crippen LogP contribution in [0.4, 0.5) is 19.0 Å². The van der Waals surface area contributed by atoms with Crippen molar-refractivity contribution >= 4 is 34.5 Å². The molecule has 8 nitrogen and oxygen atoms in total. The maximum Gasteiger partial charge on any atom is 0.416 e. The SMILES string of the molecule is CCOCCNc1nc(SCC)nc2c1cnn2CCNC(=O)c1cccc(C(F)(F)F)c1. The van der Waals surface area contributed by atoms with Crippen molar-refractivity contribution < 1.29 is 22.7 Å². The normalized spacial score (nSPS) is 11.7. The van der Waals surface area contributed by atoms with Crippen molar-refractivity contribution in [3.05, 3.63) is 41.6 Å². The van der Waals surface area contributed by atoms with Gasteiger partial charge in [-0.2, -0.15) is 18.3 Å². The topological polar surface area (TPSA) is 94.0 Å². The number of halogens is 3. The molecule has 33 heavy (non-hydrogen) atoms. The van der Waals surface area contributed by atoms with Gasteiger partial charge in [-0.25, -0.2) is 14.6 Å². The Morgan fingerprint density at radius 1 is 1.21 bits per heavy atom. The lowest BCUT2D eigenvalue weighted by atomic mass is 10.1. The van der Waals surface area contributed by atoms with Crippen molar-refractivity contribution in [2.45, 2.75) is 31.7 Å². The van der Waals surface area contributed by atoms with Crippen molar-refractivity contribution in [2.24, 2.45) is 0 Å². The summed E-state index contributed by atoms with van der Waals surface area (Å²) in [6.45, 7) is 6.12. The van der Waals surface area contributed by atoms with Crippen molar-refractivity contribution in [2.75, 3.05) is 37.4 Å². The third-order valence-electron chi connectivity index (χ3n) is 4.55. The zero-order chi connectivity index (χ0) is 23.8. The number of carbonyl (C=O) groups excluding carboxylic acids is 1. The predicted molar refractivity (Wildman–Crippen MR) is 120 cm³/mol. The first kappa shape index (κ1) is 24.8. The number of nitrogens with one attached hydrogen (secondary N) is 2. The molecule has 12 heteroatoms. The van der Waals surface area contributed by atoms with Crippen LogP contribution in [0.25, 0.3) is 11.0 Å². The monoisotopic (exact) mass is 482 g/mol. The Hall–Kier alpha value is -2.86. The van der Waals surface area contributed by atoms with E-state index < -0.39 is 17.6 Å². The standard InChI is InChI=1S/C21H25F3N6O2S/c1-3-32-11-9-25-17-16-13-27-30(18(16)29-20(28-17)33-4-2)10-8-26-19(31)14-6-5-7-15(12-14)21(22,23)24/h5-7,12-13H,3-4,8-11H2,1-2H3,(H,26,31)(H,25,28,29). The summed E-state index contributed by atoms with van der Waals surface area (Å²) in [7, 11) is 0. The molecule has 0 aliphatic carbocycles. The highest BCUT2D eigenvalue weighted by Gasteiger charge is 2.30. The first-order valence-corrected chi connectivity index (χ1v) is 11.5. The molecule has 2 N–H and O–H groups in total. The summed E-state index contributed by atoms with van der Waals surface area (Å²) in [5.74, 6) is 0.855. The fourth-order valence-corrected chi connectivity index (χ4v) is 3.59. The maximum atomic E-state index is 12.9. The van der Waals surface area contributed by atoms with E-state index in [1.807, 2.05) is 13.8 Å². The molecule has 1 aromatic carbocycles. The van der Waals surface area contributed by atoms with Crippen LogP contribution >= 0.6 is 11.8 Å². The van der Waals surface area contributed by atoms with Gasteiger partial charge in [-0.3, -0.25) is 4.79 Å². The number of alkyl halides is 3. The molecule has 2 heterocycles.